The summed E-state index contributed by atoms with van der Waals surface area (Å²) in [4.78, 5) is 0. The molecular weight excluding hydrogens is 228 g/mol. The maximum absolute atomic E-state index is 5.92. The molecule has 0 aromatic carbocycles. The SMILES string of the molecule is CCNc1nnc(-c2ccoc2Cl)n1CC. The Morgan fingerprint density at radius 1 is 1.44 bits per heavy atom. The fourth-order valence-corrected chi connectivity index (χ4v) is 1.74. The lowest BCUT2D eigenvalue weighted by Crippen LogP contribution is -2.06. The van der Waals surface area contributed by atoms with E-state index in [1.807, 2.05) is 18.4 Å². The molecule has 0 unspecified atom stereocenters. The minimum Gasteiger partial charge on any atom is -0.452 e. The lowest BCUT2D eigenvalue weighted by Gasteiger charge is -2.06. The fourth-order valence-electron chi connectivity index (χ4n) is 1.54. The van der Waals surface area contributed by atoms with E-state index in [9.17, 15) is 0 Å². The molecule has 2 rings (SSSR count). The van der Waals surface area contributed by atoms with Gasteiger partial charge in [-0.05, 0) is 31.5 Å². The summed E-state index contributed by atoms with van der Waals surface area (Å²) in [6.45, 7) is 5.62. The number of nitrogens with zero attached hydrogens (tertiary/aromatic N) is 3. The van der Waals surface area contributed by atoms with Crippen LogP contribution in [0.15, 0.2) is 16.7 Å². The number of anilines is 1. The standard InChI is InChI=1S/C10H13ClN4O/c1-3-12-10-14-13-9(15(10)4-2)7-5-6-16-8(7)11/h5-6H,3-4H2,1-2H3,(H,12,14). The number of furan rings is 1. The number of halogens is 1. The molecule has 0 spiro atoms. The molecule has 0 aliphatic heterocycles. The molecule has 16 heavy (non-hydrogen) atoms. The lowest BCUT2D eigenvalue weighted by molar-refractivity contribution is 0.569. The van der Waals surface area contributed by atoms with Crippen molar-refractivity contribution in [2.24, 2.45) is 0 Å². The van der Waals surface area contributed by atoms with Gasteiger partial charge in [-0.25, -0.2) is 0 Å². The summed E-state index contributed by atoms with van der Waals surface area (Å²) in [6, 6.07) is 1.79. The predicted molar refractivity (Wildman–Crippen MR) is 62.6 cm³/mol. The van der Waals surface area contributed by atoms with Crippen molar-refractivity contribution in [1.29, 1.82) is 0 Å². The zero-order chi connectivity index (χ0) is 11.5. The van der Waals surface area contributed by atoms with E-state index < -0.39 is 0 Å². The molecule has 0 bridgehead atoms. The van der Waals surface area contributed by atoms with Crippen LogP contribution in [0.5, 0.6) is 0 Å². The van der Waals surface area contributed by atoms with Crippen LogP contribution in [0.3, 0.4) is 0 Å². The third-order valence-electron chi connectivity index (χ3n) is 2.26. The summed E-state index contributed by atoms with van der Waals surface area (Å²) in [7, 11) is 0. The molecule has 0 saturated carbocycles. The third-order valence-corrected chi connectivity index (χ3v) is 2.55. The Hall–Kier alpha value is -1.49. The van der Waals surface area contributed by atoms with Gasteiger partial charge in [0.1, 0.15) is 0 Å². The smallest absolute Gasteiger partial charge is 0.224 e. The topological polar surface area (TPSA) is 55.9 Å². The molecule has 5 nitrogen and oxygen atoms in total. The van der Waals surface area contributed by atoms with E-state index in [2.05, 4.69) is 15.5 Å². The van der Waals surface area contributed by atoms with Crippen molar-refractivity contribution in [3.63, 3.8) is 0 Å². The lowest BCUT2D eigenvalue weighted by atomic mass is 10.3. The van der Waals surface area contributed by atoms with E-state index >= 15 is 0 Å². The van der Waals surface area contributed by atoms with Crippen LogP contribution in [-0.4, -0.2) is 21.3 Å². The molecule has 2 aromatic rings. The Morgan fingerprint density at radius 2 is 2.25 bits per heavy atom. The molecule has 1 N–H and O–H groups in total. The van der Waals surface area contributed by atoms with Crippen molar-refractivity contribution in [1.82, 2.24) is 14.8 Å². The highest BCUT2D eigenvalue weighted by molar-refractivity contribution is 6.31. The Labute approximate surface area is 98.4 Å². The Balaban J connectivity index is 2.46. The monoisotopic (exact) mass is 240 g/mol. The van der Waals surface area contributed by atoms with Crippen molar-refractivity contribution in [3.8, 4) is 11.4 Å². The number of hydrogen-bond acceptors (Lipinski definition) is 4. The van der Waals surface area contributed by atoms with Gasteiger partial charge >= 0.3 is 0 Å². The van der Waals surface area contributed by atoms with Crippen molar-refractivity contribution >= 4 is 17.5 Å². The summed E-state index contributed by atoms with van der Waals surface area (Å²) < 4.78 is 7.01. The van der Waals surface area contributed by atoms with E-state index in [0.717, 1.165) is 30.4 Å². The quantitative estimate of drug-likeness (QED) is 0.893. The van der Waals surface area contributed by atoms with Gasteiger partial charge in [0.2, 0.25) is 11.2 Å². The van der Waals surface area contributed by atoms with Crippen LogP contribution >= 0.6 is 11.6 Å². The average Bonchev–Trinajstić information content (AvgIpc) is 2.84. The van der Waals surface area contributed by atoms with Crippen molar-refractivity contribution in [2.75, 3.05) is 11.9 Å². The minimum absolute atomic E-state index is 0.338. The molecular formula is C10H13ClN4O. The first-order chi connectivity index (χ1) is 7.77. The van der Waals surface area contributed by atoms with Gasteiger partial charge in [-0.2, -0.15) is 0 Å². The van der Waals surface area contributed by atoms with Gasteiger partial charge in [0, 0.05) is 13.1 Å². The van der Waals surface area contributed by atoms with Gasteiger partial charge in [0.25, 0.3) is 0 Å². The fraction of sp³-hybridized carbons (Fsp3) is 0.400. The van der Waals surface area contributed by atoms with Crippen LogP contribution in [0, 0.1) is 0 Å². The zero-order valence-electron chi connectivity index (χ0n) is 9.20. The molecule has 2 heterocycles. The van der Waals surface area contributed by atoms with Gasteiger partial charge < -0.3 is 9.73 Å². The summed E-state index contributed by atoms with van der Waals surface area (Å²) in [5, 5.41) is 11.7. The zero-order valence-corrected chi connectivity index (χ0v) is 9.95. The van der Waals surface area contributed by atoms with Crippen molar-refractivity contribution in [3.05, 3.63) is 17.5 Å². The van der Waals surface area contributed by atoms with Gasteiger partial charge in [0.15, 0.2) is 5.82 Å². The summed E-state index contributed by atoms with van der Waals surface area (Å²) in [6.07, 6.45) is 1.54. The molecule has 0 amide bonds. The van der Waals surface area contributed by atoms with E-state index in [1.54, 1.807) is 12.3 Å². The molecule has 6 heteroatoms. The first kappa shape index (κ1) is 11.0. The Bertz CT molecular complexity index is 477. The van der Waals surface area contributed by atoms with Crippen LogP contribution in [-0.2, 0) is 6.54 Å². The predicted octanol–water partition coefficient (Wildman–Crippen LogP) is 2.64. The molecule has 0 atom stereocenters. The van der Waals surface area contributed by atoms with Crippen LogP contribution < -0.4 is 5.32 Å². The second-order valence-electron chi connectivity index (χ2n) is 3.23. The van der Waals surface area contributed by atoms with Crippen LogP contribution in [0.4, 0.5) is 5.95 Å². The highest BCUT2D eigenvalue weighted by Gasteiger charge is 2.16. The summed E-state index contributed by atoms with van der Waals surface area (Å²) >= 11 is 5.92. The molecule has 2 aromatic heterocycles. The summed E-state index contributed by atoms with van der Waals surface area (Å²) in [5.74, 6) is 1.47. The van der Waals surface area contributed by atoms with Gasteiger partial charge in [-0.3, -0.25) is 4.57 Å². The largest absolute Gasteiger partial charge is 0.452 e. The van der Waals surface area contributed by atoms with E-state index in [-0.39, 0.29) is 0 Å². The van der Waals surface area contributed by atoms with Crippen molar-refractivity contribution < 1.29 is 4.42 Å². The number of rotatable bonds is 4. The van der Waals surface area contributed by atoms with Gasteiger partial charge in [0.05, 0.1) is 11.8 Å². The third kappa shape index (κ3) is 1.78. The first-order valence-electron chi connectivity index (χ1n) is 5.18. The summed E-state index contributed by atoms with van der Waals surface area (Å²) in [5.41, 5.74) is 0.764. The number of aromatic nitrogens is 3. The Morgan fingerprint density at radius 3 is 2.81 bits per heavy atom. The second-order valence-corrected chi connectivity index (χ2v) is 3.57. The minimum atomic E-state index is 0.338. The van der Waals surface area contributed by atoms with Crippen LogP contribution in [0.25, 0.3) is 11.4 Å². The molecule has 0 radical (unpaired) electrons. The van der Waals surface area contributed by atoms with Crippen molar-refractivity contribution in [2.45, 2.75) is 20.4 Å². The molecule has 0 aliphatic carbocycles. The Kier molecular flexibility index (Phi) is 3.14. The average molecular weight is 241 g/mol. The number of hydrogen-bond donors (Lipinski definition) is 1. The highest BCUT2D eigenvalue weighted by atomic mass is 35.5. The number of nitrogens with one attached hydrogen (secondary N) is 1. The molecule has 0 fully saturated rings. The van der Waals surface area contributed by atoms with E-state index in [1.165, 1.54) is 0 Å². The maximum Gasteiger partial charge on any atom is 0.224 e. The molecule has 0 aliphatic rings. The molecule has 86 valence electrons. The first-order valence-corrected chi connectivity index (χ1v) is 5.56. The van der Waals surface area contributed by atoms with E-state index in [0.29, 0.717) is 5.22 Å². The molecule has 0 saturated heterocycles. The van der Waals surface area contributed by atoms with Gasteiger partial charge in [-0.15, -0.1) is 10.2 Å². The van der Waals surface area contributed by atoms with Gasteiger partial charge in [-0.1, -0.05) is 0 Å². The second kappa shape index (κ2) is 4.57. The maximum atomic E-state index is 5.92. The normalized spacial score (nSPS) is 10.7. The van der Waals surface area contributed by atoms with Crippen LogP contribution in [0.1, 0.15) is 13.8 Å². The van der Waals surface area contributed by atoms with Crippen LogP contribution in [0.2, 0.25) is 5.22 Å². The highest BCUT2D eigenvalue weighted by Crippen LogP contribution is 2.28. The van der Waals surface area contributed by atoms with E-state index in [4.69, 9.17) is 16.0 Å².